The number of carbonyl (C=O) groups is 2. The van der Waals surface area contributed by atoms with Gasteiger partial charge in [0.25, 0.3) is 5.91 Å². The summed E-state index contributed by atoms with van der Waals surface area (Å²) < 4.78 is 1.79. The van der Waals surface area contributed by atoms with Crippen LogP contribution in [0.5, 0.6) is 0 Å². The van der Waals surface area contributed by atoms with E-state index in [2.05, 4.69) is 10.3 Å². The summed E-state index contributed by atoms with van der Waals surface area (Å²) in [5, 5.41) is 11.8. The SMILES string of the molecule is Cc1cccc2nc(C(=O)N[C@H](C(=O)O)C(C)(C)C)cn12. The highest BCUT2D eigenvalue weighted by Crippen LogP contribution is 2.20. The first-order valence-corrected chi connectivity index (χ1v) is 6.68. The molecule has 0 unspecified atom stereocenters. The summed E-state index contributed by atoms with van der Waals surface area (Å²) in [5.41, 5.74) is 1.23. The number of nitrogens with one attached hydrogen (secondary N) is 1. The number of aryl methyl sites for hydroxylation is 1. The fourth-order valence-electron chi connectivity index (χ4n) is 2.11. The number of carboxylic acid groups (broad SMARTS) is 1. The first kappa shape index (κ1) is 15.0. The number of hydrogen-bond acceptors (Lipinski definition) is 3. The standard InChI is InChI=1S/C15H19N3O3/c1-9-6-5-7-11-16-10(8-18(9)11)13(19)17-12(14(20)21)15(2,3)4/h5-8,12H,1-4H3,(H,17,19)(H,20,21)/t12-/m1/s1. The van der Waals surface area contributed by atoms with Gasteiger partial charge in [0.1, 0.15) is 17.4 Å². The van der Waals surface area contributed by atoms with Gasteiger partial charge in [0.2, 0.25) is 0 Å². The van der Waals surface area contributed by atoms with Gasteiger partial charge in [-0.2, -0.15) is 0 Å². The van der Waals surface area contributed by atoms with Crippen LogP contribution in [0.2, 0.25) is 0 Å². The van der Waals surface area contributed by atoms with Crippen molar-refractivity contribution >= 4 is 17.5 Å². The van der Waals surface area contributed by atoms with Gasteiger partial charge in [-0.1, -0.05) is 26.8 Å². The van der Waals surface area contributed by atoms with E-state index in [-0.39, 0.29) is 5.69 Å². The maximum absolute atomic E-state index is 12.2. The van der Waals surface area contributed by atoms with Crippen LogP contribution in [0.25, 0.3) is 5.65 Å². The van der Waals surface area contributed by atoms with Gasteiger partial charge < -0.3 is 14.8 Å². The summed E-state index contributed by atoms with van der Waals surface area (Å²) >= 11 is 0. The number of rotatable bonds is 3. The average Bonchev–Trinajstić information content (AvgIpc) is 2.79. The molecule has 2 heterocycles. The van der Waals surface area contributed by atoms with E-state index < -0.39 is 23.3 Å². The third kappa shape index (κ3) is 3.04. The van der Waals surface area contributed by atoms with Crippen molar-refractivity contribution in [3.8, 4) is 0 Å². The van der Waals surface area contributed by atoms with Gasteiger partial charge in [-0.05, 0) is 24.5 Å². The van der Waals surface area contributed by atoms with Crippen molar-refractivity contribution in [1.29, 1.82) is 0 Å². The van der Waals surface area contributed by atoms with Crippen molar-refractivity contribution in [2.45, 2.75) is 33.7 Å². The second kappa shape index (κ2) is 5.20. The molecule has 2 rings (SSSR count). The van der Waals surface area contributed by atoms with Crippen molar-refractivity contribution in [3.63, 3.8) is 0 Å². The smallest absolute Gasteiger partial charge is 0.326 e. The number of carboxylic acids is 1. The molecule has 6 heteroatoms. The van der Waals surface area contributed by atoms with E-state index in [1.165, 1.54) is 0 Å². The minimum atomic E-state index is -1.06. The maximum Gasteiger partial charge on any atom is 0.326 e. The summed E-state index contributed by atoms with van der Waals surface area (Å²) in [6, 6.07) is 4.58. The summed E-state index contributed by atoms with van der Waals surface area (Å²) in [4.78, 5) is 27.8. The quantitative estimate of drug-likeness (QED) is 0.903. The molecular weight excluding hydrogens is 270 g/mol. The minimum Gasteiger partial charge on any atom is -0.480 e. The Bertz CT molecular complexity index is 698. The molecule has 2 N–H and O–H groups in total. The molecule has 0 saturated heterocycles. The molecule has 1 amide bonds. The third-order valence-corrected chi connectivity index (χ3v) is 3.32. The molecule has 0 fully saturated rings. The molecular formula is C15H19N3O3. The van der Waals surface area contributed by atoms with Gasteiger partial charge >= 0.3 is 5.97 Å². The van der Waals surface area contributed by atoms with Crippen LogP contribution < -0.4 is 5.32 Å². The second-order valence-corrected chi connectivity index (χ2v) is 6.13. The van der Waals surface area contributed by atoms with E-state index in [1.54, 1.807) is 37.4 Å². The molecule has 0 bridgehead atoms. The number of hydrogen-bond donors (Lipinski definition) is 2. The zero-order chi connectivity index (χ0) is 15.8. The van der Waals surface area contributed by atoms with Crippen molar-refractivity contribution in [1.82, 2.24) is 14.7 Å². The third-order valence-electron chi connectivity index (χ3n) is 3.32. The van der Waals surface area contributed by atoms with E-state index in [0.717, 1.165) is 5.69 Å². The summed E-state index contributed by atoms with van der Waals surface area (Å²) in [6.07, 6.45) is 1.61. The predicted octanol–water partition coefficient (Wildman–Crippen LogP) is 1.87. The lowest BCUT2D eigenvalue weighted by molar-refractivity contribution is -0.142. The largest absolute Gasteiger partial charge is 0.480 e. The monoisotopic (exact) mass is 289 g/mol. The molecule has 2 aromatic rings. The molecule has 0 aliphatic rings. The lowest BCUT2D eigenvalue weighted by Gasteiger charge is -2.27. The van der Waals surface area contributed by atoms with Gasteiger partial charge in [0.05, 0.1) is 0 Å². The predicted molar refractivity (Wildman–Crippen MR) is 78.3 cm³/mol. The van der Waals surface area contributed by atoms with E-state index in [0.29, 0.717) is 5.65 Å². The van der Waals surface area contributed by atoms with E-state index in [1.807, 2.05) is 19.1 Å². The van der Waals surface area contributed by atoms with Gasteiger partial charge in [-0.25, -0.2) is 9.78 Å². The number of carbonyl (C=O) groups excluding carboxylic acids is 1. The Morgan fingerprint density at radius 2 is 2.00 bits per heavy atom. The number of amides is 1. The zero-order valence-electron chi connectivity index (χ0n) is 12.5. The summed E-state index contributed by atoms with van der Waals surface area (Å²) in [6.45, 7) is 7.20. The highest BCUT2D eigenvalue weighted by Gasteiger charge is 2.33. The Labute approximate surface area is 122 Å². The van der Waals surface area contributed by atoms with Gasteiger partial charge in [0, 0.05) is 11.9 Å². The van der Waals surface area contributed by atoms with Crippen molar-refractivity contribution < 1.29 is 14.7 Å². The number of nitrogens with zero attached hydrogens (tertiary/aromatic N) is 2. The Hall–Kier alpha value is -2.37. The first-order valence-electron chi connectivity index (χ1n) is 6.68. The molecule has 112 valence electrons. The van der Waals surface area contributed by atoms with Gasteiger partial charge in [-0.15, -0.1) is 0 Å². The number of imidazole rings is 1. The van der Waals surface area contributed by atoms with Crippen LogP contribution in [-0.4, -0.2) is 32.4 Å². The minimum absolute atomic E-state index is 0.208. The average molecular weight is 289 g/mol. The normalized spacial score (nSPS) is 13.1. The molecule has 0 spiro atoms. The molecule has 2 aromatic heterocycles. The lowest BCUT2D eigenvalue weighted by atomic mass is 9.87. The number of aromatic nitrogens is 2. The lowest BCUT2D eigenvalue weighted by Crippen LogP contribution is -2.49. The topological polar surface area (TPSA) is 83.7 Å². The molecule has 1 atom stereocenters. The molecule has 0 aliphatic heterocycles. The van der Waals surface area contributed by atoms with Crippen LogP contribution in [0.1, 0.15) is 37.0 Å². The first-order chi connectivity index (χ1) is 9.70. The molecule has 21 heavy (non-hydrogen) atoms. The summed E-state index contributed by atoms with van der Waals surface area (Å²) in [5.74, 6) is -1.55. The second-order valence-electron chi connectivity index (χ2n) is 6.13. The molecule has 6 nitrogen and oxygen atoms in total. The van der Waals surface area contributed by atoms with Crippen LogP contribution in [0.15, 0.2) is 24.4 Å². The highest BCUT2D eigenvalue weighted by molar-refractivity contribution is 5.95. The highest BCUT2D eigenvalue weighted by atomic mass is 16.4. The Balaban J connectivity index is 2.30. The van der Waals surface area contributed by atoms with Crippen LogP contribution in [0.3, 0.4) is 0 Å². The molecule has 0 radical (unpaired) electrons. The van der Waals surface area contributed by atoms with Gasteiger partial charge in [0.15, 0.2) is 0 Å². The summed E-state index contributed by atoms with van der Waals surface area (Å²) in [7, 11) is 0. The number of aliphatic carboxylic acids is 1. The van der Waals surface area contributed by atoms with Crippen molar-refractivity contribution in [3.05, 3.63) is 35.8 Å². The zero-order valence-corrected chi connectivity index (χ0v) is 12.5. The van der Waals surface area contributed by atoms with Crippen LogP contribution in [0.4, 0.5) is 0 Å². The van der Waals surface area contributed by atoms with Crippen molar-refractivity contribution in [2.24, 2.45) is 5.41 Å². The fourth-order valence-corrected chi connectivity index (χ4v) is 2.11. The number of fused-ring (bicyclic) bond motifs is 1. The van der Waals surface area contributed by atoms with E-state index >= 15 is 0 Å². The Morgan fingerprint density at radius 3 is 2.52 bits per heavy atom. The van der Waals surface area contributed by atoms with Crippen molar-refractivity contribution in [2.75, 3.05) is 0 Å². The van der Waals surface area contributed by atoms with Crippen LogP contribution in [-0.2, 0) is 4.79 Å². The van der Waals surface area contributed by atoms with Crippen LogP contribution >= 0.6 is 0 Å². The fraction of sp³-hybridized carbons (Fsp3) is 0.400. The van der Waals surface area contributed by atoms with Crippen LogP contribution in [0, 0.1) is 12.3 Å². The molecule has 0 aliphatic carbocycles. The van der Waals surface area contributed by atoms with E-state index in [4.69, 9.17) is 0 Å². The molecule has 0 saturated carbocycles. The maximum atomic E-state index is 12.2. The molecule has 0 aromatic carbocycles. The van der Waals surface area contributed by atoms with Gasteiger partial charge in [-0.3, -0.25) is 4.79 Å². The Morgan fingerprint density at radius 1 is 1.33 bits per heavy atom. The Kier molecular flexibility index (Phi) is 3.72. The number of pyridine rings is 1. The van der Waals surface area contributed by atoms with E-state index in [9.17, 15) is 14.7 Å².